The number of aromatic nitrogens is 1. The molecule has 0 spiro atoms. The lowest BCUT2D eigenvalue weighted by atomic mass is 9.98. The van der Waals surface area contributed by atoms with Crippen molar-refractivity contribution in [2.24, 2.45) is 5.92 Å². The second kappa shape index (κ2) is 8.92. The Morgan fingerprint density at radius 2 is 1.97 bits per heavy atom. The number of carbonyl (C=O) groups is 1. The van der Waals surface area contributed by atoms with Gasteiger partial charge in [0.2, 0.25) is 5.76 Å². The number of aryl methyl sites for hydroxylation is 2. The quantitative estimate of drug-likeness (QED) is 0.321. The molecule has 1 amide bonds. The minimum Gasteiger partial charge on any atom is -0.494 e. The normalized spacial score (nSPS) is 15.3. The highest BCUT2D eigenvalue weighted by molar-refractivity contribution is 7.15. The van der Waals surface area contributed by atoms with Crippen molar-refractivity contribution in [2.45, 2.75) is 40.2 Å². The van der Waals surface area contributed by atoms with E-state index >= 15 is 0 Å². The zero-order valence-corrected chi connectivity index (χ0v) is 20.7. The van der Waals surface area contributed by atoms with Crippen molar-refractivity contribution in [3.63, 3.8) is 0 Å². The van der Waals surface area contributed by atoms with Crippen LogP contribution in [0.5, 0.6) is 5.75 Å². The number of anilines is 1. The van der Waals surface area contributed by atoms with Gasteiger partial charge < -0.3 is 9.15 Å². The predicted molar refractivity (Wildman–Crippen MR) is 134 cm³/mol. The van der Waals surface area contributed by atoms with E-state index in [1.54, 1.807) is 0 Å². The molecular weight excluding hydrogens is 467 g/mol. The maximum Gasteiger partial charge on any atom is 0.297 e. The Morgan fingerprint density at radius 1 is 1.17 bits per heavy atom. The Balaban J connectivity index is 1.69. The number of halogens is 1. The van der Waals surface area contributed by atoms with Crippen molar-refractivity contribution < 1.29 is 18.3 Å². The van der Waals surface area contributed by atoms with Gasteiger partial charge in [-0.25, -0.2) is 9.37 Å². The highest BCUT2D eigenvalue weighted by atomic mass is 32.1. The molecule has 4 aromatic rings. The summed E-state index contributed by atoms with van der Waals surface area (Å²) >= 11 is 1.38. The van der Waals surface area contributed by atoms with E-state index in [1.807, 2.05) is 38.1 Å². The number of amides is 1. The van der Waals surface area contributed by atoms with Crippen LogP contribution in [-0.4, -0.2) is 17.5 Å². The molecule has 0 fully saturated rings. The summed E-state index contributed by atoms with van der Waals surface area (Å²) < 4.78 is 25.8. The van der Waals surface area contributed by atoms with Crippen LogP contribution >= 0.6 is 11.3 Å². The molecule has 0 N–H and O–H groups in total. The lowest BCUT2D eigenvalue weighted by Gasteiger charge is -2.23. The van der Waals surface area contributed by atoms with Crippen molar-refractivity contribution in [3.05, 3.63) is 86.0 Å². The summed E-state index contributed by atoms with van der Waals surface area (Å²) in [6, 6.07) is 10.3. The van der Waals surface area contributed by atoms with E-state index in [-0.39, 0.29) is 22.3 Å². The van der Waals surface area contributed by atoms with Gasteiger partial charge in [-0.3, -0.25) is 14.5 Å². The molecule has 8 heteroatoms. The molecule has 35 heavy (non-hydrogen) atoms. The third-order valence-corrected chi connectivity index (χ3v) is 7.27. The van der Waals surface area contributed by atoms with Gasteiger partial charge in [-0.05, 0) is 62.1 Å². The van der Waals surface area contributed by atoms with E-state index in [2.05, 4.69) is 18.8 Å². The first-order chi connectivity index (χ1) is 16.7. The van der Waals surface area contributed by atoms with Gasteiger partial charge in [-0.15, -0.1) is 11.3 Å². The van der Waals surface area contributed by atoms with Gasteiger partial charge in [-0.2, -0.15) is 0 Å². The monoisotopic (exact) mass is 492 g/mol. The van der Waals surface area contributed by atoms with Crippen molar-refractivity contribution in [3.8, 4) is 5.75 Å². The zero-order chi connectivity index (χ0) is 24.9. The Labute approximate surface area is 206 Å². The number of nitrogens with zero attached hydrogens (tertiary/aromatic N) is 2. The van der Waals surface area contributed by atoms with Gasteiger partial charge in [0.15, 0.2) is 10.6 Å². The number of rotatable bonds is 6. The lowest BCUT2D eigenvalue weighted by molar-refractivity contribution is 0.0971. The Morgan fingerprint density at radius 3 is 2.69 bits per heavy atom. The minimum absolute atomic E-state index is 0.0456. The Bertz CT molecular complexity index is 1490. The van der Waals surface area contributed by atoms with Gasteiger partial charge in [0.05, 0.1) is 29.3 Å². The first-order valence-corrected chi connectivity index (χ1v) is 12.3. The fourth-order valence-corrected chi connectivity index (χ4v) is 5.14. The van der Waals surface area contributed by atoms with Crippen LogP contribution in [0.15, 0.2) is 51.7 Å². The standard InChI is InChI=1S/C27H25FN2O4S/c1-14(2)10-11-33-19-7-5-6-17(12-19)23-22-24(31)20-13-18(28)8-9-21(20)34-25(22)26(32)30(23)27-29-15(3)16(4)35-27/h5-9,12-14,23H,10-11H2,1-4H3. The molecule has 0 aliphatic carbocycles. The van der Waals surface area contributed by atoms with E-state index in [9.17, 15) is 14.0 Å². The van der Waals surface area contributed by atoms with Gasteiger partial charge in [0.25, 0.3) is 5.91 Å². The molecule has 0 radical (unpaired) electrons. The predicted octanol–water partition coefficient (Wildman–Crippen LogP) is 6.18. The fraction of sp³-hybridized carbons (Fsp3) is 0.296. The zero-order valence-electron chi connectivity index (χ0n) is 19.9. The Hall–Kier alpha value is -3.52. The van der Waals surface area contributed by atoms with Gasteiger partial charge in [-0.1, -0.05) is 26.0 Å². The summed E-state index contributed by atoms with van der Waals surface area (Å²) in [5, 5.41) is 0.571. The van der Waals surface area contributed by atoms with Gasteiger partial charge in [0.1, 0.15) is 17.1 Å². The molecule has 1 atom stereocenters. The molecule has 180 valence electrons. The third kappa shape index (κ3) is 4.12. The molecule has 2 aromatic heterocycles. The summed E-state index contributed by atoms with van der Waals surface area (Å²) in [6.45, 7) is 8.62. The van der Waals surface area contributed by atoms with Crippen molar-refractivity contribution in [1.29, 1.82) is 0 Å². The fourth-order valence-electron chi connectivity index (χ4n) is 4.20. The first kappa shape index (κ1) is 23.2. The largest absolute Gasteiger partial charge is 0.494 e. The smallest absolute Gasteiger partial charge is 0.297 e. The van der Waals surface area contributed by atoms with Gasteiger partial charge in [0, 0.05) is 4.88 Å². The lowest BCUT2D eigenvalue weighted by Crippen LogP contribution is -2.29. The van der Waals surface area contributed by atoms with E-state index in [4.69, 9.17) is 9.15 Å². The Kier molecular flexibility index (Phi) is 5.92. The number of hydrogen-bond donors (Lipinski definition) is 0. The third-order valence-electron chi connectivity index (χ3n) is 6.19. The van der Waals surface area contributed by atoms with Crippen LogP contribution in [0, 0.1) is 25.6 Å². The summed E-state index contributed by atoms with van der Waals surface area (Å²) in [7, 11) is 0. The number of ether oxygens (including phenoxy) is 1. The van der Waals surface area contributed by atoms with Crippen LogP contribution in [0.25, 0.3) is 11.0 Å². The SMILES string of the molecule is Cc1nc(N2C(=O)c3oc4ccc(F)cc4c(=O)c3C2c2cccc(OCCC(C)C)c2)sc1C. The van der Waals surface area contributed by atoms with Crippen LogP contribution in [0.3, 0.4) is 0 Å². The number of carbonyl (C=O) groups excluding carboxylic acids is 1. The van der Waals surface area contributed by atoms with E-state index < -0.39 is 23.2 Å². The van der Waals surface area contributed by atoms with Crippen LogP contribution in [0.1, 0.15) is 58.6 Å². The maximum atomic E-state index is 14.0. The number of benzene rings is 2. The van der Waals surface area contributed by atoms with Crippen molar-refractivity contribution in [1.82, 2.24) is 4.98 Å². The number of thiazole rings is 1. The molecule has 1 aliphatic heterocycles. The molecule has 1 aliphatic rings. The summed E-state index contributed by atoms with van der Waals surface area (Å²) in [5.41, 5.74) is 1.41. The second-order valence-electron chi connectivity index (χ2n) is 9.13. The molecule has 2 aromatic carbocycles. The summed E-state index contributed by atoms with van der Waals surface area (Å²) in [5.74, 6) is 0.104. The van der Waals surface area contributed by atoms with E-state index in [0.29, 0.717) is 29.0 Å². The van der Waals surface area contributed by atoms with Crippen LogP contribution < -0.4 is 15.1 Å². The van der Waals surface area contributed by atoms with Crippen LogP contribution in [-0.2, 0) is 0 Å². The average Bonchev–Trinajstić information content (AvgIpc) is 3.30. The molecule has 1 unspecified atom stereocenters. The molecule has 0 bridgehead atoms. The first-order valence-electron chi connectivity index (χ1n) is 11.5. The molecule has 5 rings (SSSR count). The highest BCUT2D eigenvalue weighted by Gasteiger charge is 2.45. The van der Waals surface area contributed by atoms with Crippen LogP contribution in [0.2, 0.25) is 0 Å². The average molecular weight is 493 g/mol. The van der Waals surface area contributed by atoms with E-state index in [0.717, 1.165) is 23.1 Å². The second-order valence-corrected chi connectivity index (χ2v) is 10.3. The number of hydrogen-bond acceptors (Lipinski definition) is 6. The van der Waals surface area contributed by atoms with E-state index in [1.165, 1.54) is 28.4 Å². The molecule has 0 saturated carbocycles. The molecular formula is C27H25FN2O4S. The molecule has 3 heterocycles. The topological polar surface area (TPSA) is 72.6 Å². The minimum atomic E-state index is -0.778. The van der Waals surface area contributed by atoms with Crippen molar-refractivity contribution in [2.75, 3.05) is 11.5 Å². The van der Waals surface area contributed by atoms with Gasteiger partial charge >= 0.3 is 0 Å². The molecule has 6 nitrogen and oxygen atoms in total. The summed E-state index contributed by atoms with van der Waals surface area (Å²) in [6.07, 6.45) is 0.903. The maximum absolute atomic E-state index is 14.0. The highest BCUT2D eigenvalue weighted by Crippen LogP contribution is 2.43. The molecule has 0 saturated heterocycles. The summed E-state index contributed by atoms with van der Waals surface area (Å²) in [4.78, 5) is 34.3. The number of fused-ring (bicyclic) bond motifs is 2. The van der Waals surface area contributed by atoms with Crippen molar-refractivity contribution >= 4 is 33.3 Å². The van der Waals surface area contributed by atoms with Crippen LogP contribution in [0.4, 0.5) is 9.52 Å².